The lowest BCUT2D eigenvalue weighted by Crippen LogP contribution is -2.05. The van der Waals surface area contributed by atoms with Crippen LogP contribution in [0.4, 0.5) is 13.2 Å². The first-order chi connectivity index (χ1) is 10.4. The second kappa shape index (κ2) is 5.29. The fourth-order valence-electron chi connectivity index (χ4n) is 2.02. The first kappa shape index (κ1) is 14.3. The number of aryl methyl sites for hydroxylation is 1. The summed E-state index contributed by atoms with van der Waals surface area (Å²) in [7, 11) is 0. The van der Waals surface area contributed by atoms with Gasteiger partial charge in [-0.25, -0.2) is 9.97 Å². The molecule has 0 atom stereocenters. The van der Waals surface area contributed by atoms with E-state index >= 15 is 0 Å². The average molecular weight is 304 g/mol. The molecule has 0 bridgehead atoms. The summed E-state index contributed by atoms with van der Waals surface area (Å²) in [5.41, 5.74) is 0.653. The van der Waals surface area contributed by atoms with Crippen molar-refractivity contribution in [1.82, 2.24) is 9.97 Å². The maximum atomic E-state index is 12.5. The molecule has 0 radical (unpaired) electrons. The van der Waals surface area contributed by atoms with Gasteiger partial charge in [0.15, 0.2) is 5.75 Å². The number of ether oxygens (including phenoxy) is 1. The molecule has 3 aromatic rings. The van der Waals surface area contributed by atoms with E-state index in [0.717, 1.165) is 23.3 Å². The number of para-hydroxylation sites is 1. The predicted octanol–water partition coefficient (Wildman–Crippen LogP) is 4.75. The van der Waals surface area contributed by atoms with Gasteiger partial charge in [-0.1, -0.05) is 18.2 Å². The summed E-state index contributed by atoms with van der Waals surface area (Å²) < 4.78 is 43.1. The molecule has 1 aromatic carbocycles. The maximum Gasteiger partial charge on any atom is 0.417 e. The van der Waals surface area contributed by atoms with Crippen molar-refractivity contribution in [3.05, 3.63) is 59.9 Å². The SMILES string of the molecule is Cc1ccc2cccc(Oc3ccc(C(F)(F)F)cn3)c2n1. The molecule has 3 rings (SSSR count). The first-order valence-corrected chi connectivity index (χ1v) is 6.51. The van der Waals surface area contributed by atoms with E-state index in [2.05, 4.69) is 9.97 Å². The number of aromatic nitrogens is 2. The van der Waals surface area contributed by atoms with Crippen LogP contribution in [-0.4, -0.2) is 9.97 Å². The van der Waals surface area contributed by atoms with Gasteiger partial charge in [0.05, 0.1) is 5.56 Å². The van der Waals surface area contributed by atoms with Gasteiger partial charge in [0.2, 0.25) is 5.88 Å². The number of halogens is 3. The van der Waals surface area contributed by atoms with E-state index in [0.29, 0.717) is 11.3 Å². The number of benzene rings is 1. The normalized spacial score (nSPS) is 11.6. The standard InChI is InChI=1S/C16H11F3N2O/c1-10-5-6-11-3-2-4-13(15(11)21-10)22-14-8-7-12(9-20-14)16(17,18)19/h2-9H,1H3. The molecule has 0 aliphatic heterocycles. The Morgan fingerprint density at radius 1 is 1.00 bits per heavy atom. The quantitative estimate of drug-likeness (QED) is 0.685. The molecule has 2 heterocycles. The van der Waals surface area contributed by atoms with Crippen molar-refractivity contribution >= 4 is 10.9 Å². The molecule has 3 nitrogen and oxygen atoms in total. The van der Waals surface area contributed by atoms with E-state index in [1.807, 2.05) is 25.1 Å². The van der Waals surface area contributed by atoms with Crippen LogP contribution >= 0.6 is 0 Å². The van der Waals surface area contributed by atoms with Gasteiger partial charge >= 0.3 is 6.18 Å². The Bertz CT molecular complexity index is 814. The molecule has 0 spiro atoms. The molecule has 112 valence electrons. The molecule has 0 aliphatic rings. The van der Waals surface area contributed by atoms with Crippen molar-refractivity contribution < 1.29 is 17.9 Å². The van der Waals surface area contributed by atoms with E-state index in [1.165, 1.54) is 6.07 Å². The van der Waals surface area contributed by atoms with Crippen molar-refractivity contribution in [2.75, 3.05) is 0 Å². The molecule has 0 saturated carbocycles. The minimum Gasteiger partial charge on any atom is -0.437 e. The summed E-state index contributed by atoms with van der Waals surface area (Å²) in [6.07, 6.45) is -3.66. The summed E-state index contributed by atoms with van der Waals surface area (Å²) in [4.78, 5) is 8.10. The minimum absolute atomic E-state index is 0.0869. The highest BCUT2D eigenvalue weighted by Crippen LogP contribution is 2.31. The highest BCUT2D eigenvalue weighted by molar-refractivity contribution is 5.84. The van der Waals surface area contributed by atoms with Crippen LogP contribution in [0.5, 0.6) is 11.6 Å². The van der Waals surface area contributed by atoms with Crippen LogP contribution in [-0.2, 0) is 6.18 Å². The lowest BCUT2D eigenvalue weighted by molar-refractivity contribution is -0.137. The number of pyridine rings is 2. The lowest BCUT2D eigenvalue weighted by Gasteiger charge is -2.09. The fraction of sp³-hybridized carbons (Fsp3) is 0.125. The van der Waals surface area contributed by atoms with Gasteiger partial charge in [-0.3, -0.25) is 0 Å². The second-order valence-corrected chi connectivity index (χ2v) is 4.77. The smallest absolute Gasteiger partial charge is 0.417 e. The highest BCUT2D eigenvalue weighted by atomic mass is 19.4. The van der Waals surface area contributed by atoms with Crippen molar-refractivity contribution in [3.8, 4) is 11.6 Å². The van der Waals surface area contributed by atoms with Gasteiger partial charge in [0.1, 0.15) is 5.52 Å². The Morgan fingerprint density at radius 3 is 2.50 bits per heavy atom. The number of fused-ring (bicyclic) bond motifs is 1. The molecule has 0 fully saturated rings. The van der Waals surface area contributed by atoms with Crippen LogP contribution in [0.3, 0.4) is 0 Å². The van der Waals surface area contributed by atoms with E-state index < -0.39 is 11.7 Å². The highest BCUT2D eigenvalue weighted by Gasteiger charge is 2.30. The lowest BCUT2D eigenvalue weighted by atomic mass is 10.2. The number of hydrogen-bond donors (Lipinski definition) is 0. The van der Waals surface area contributed by atoms with Gasteiger partial charge < -0.3 is 4.74 Å². The molecule has 22 heavy (non-hydrogen) atoms. The van der Waals surface area contributed by atoms with Crippen LogP contribution in [0.2, 0.25) is 0 Å². The summed E-state index contributed by atoms with van der Waals surface area (Å²) in [5.74, 6) is 0.539. The van der Waals surface area contributed by atoms with Crippen LogP contribution in [0, 0.1) is 6.92 Å². The molecular formula is C16H11F3N2O. The summed E-state index contributed by atoms with van der Waals surface area (Å²) >= 11 is 0. The largest absolute Gasteiger partial charge is 0.437 e. The van der Waals surface area contributed by atoms with Gasteiger partial charge in [-0.2, -0.15) is 13.2 Å². The Labute approximate surface area is 124 Å². The first-order valence-electron chi connectivity index (χ1n) is 6.51. The van der Waals surface area contributed by atoms with Crippen LogP contribution in [0.25, 0.3) is 10.9 Å². The summed E-state index contributed by atoms with van der Waals surface area (Å²) in [6.45, 7) is 1.85. The monoisotopic (exact) mass is 304 g/mol. The van der Waals surface area contributed by atoms with Gasteiger partial charge in [0, 0.05) is 23.3 Å². The Hall–Kier alpha value is -2.63. The number of rotatable bonds is 2. The summed E-state index contributed by atoms with van der Waals surface area (Å²) in [5, 5.41) is 0.884. The van der Waals surface area contributed by atoms with Gasteiger partial charge in [-0.05, 0) is 25.1 Å². The molecule has 6 heteroatoms. The van der Waals surface area contributed by atoms with Crippen molar-refractivity contribution in [1.29, 1.82) is 0 Å². The zero-order valence-electron chi connectivity index (χ0n) is 11.6. The zero-order chi connectivity index (χ0) is 15.7. The van der Waals surface area contributed by atoms with E-state index in [4.69, 9.17) is 4.74 Å². The van der Waals surface area contributed by atoms with Crippen LogP contribution < -0.4 is 4.74 Å². The van der Waals surface area contributed by atoms with E-state index in [9.17, 15) is 13.2 Å². The van der Waals surface area contributed by atoms with Gasteiger partial charge in [0.25, 0.3) is 0 Å². The summed E-state index contributed by atoms with van der Waals surface area (Å²) in [6, 6.07) is 11.3. The Kier molecular flexibility index (Phi) is 3.44. The molecule has 0 amide bonds. The second-order valence-electron chi connectivity index (χ2n) is 4.77. The zero-order valence-corrected chi connectivity index (χ0v) is 11.6. The number of hydrogen-bond acceptors (Lipinski definition) is 3. The third kappa shape index (κ3) is 2.86. The maximum absolute atomic E-state index is 12.5. The average Bonchev–Trinajstić information content (AvgIpc) is 2.47. The van der Waals surface area contributed by atoms with E-state index in [-0.39, 0.29) is 5.88 Å². The van der Waals surface area contributed by atoms with Crippen LogP contribution in [0.1, 0.15) is 11.3 Å². The number of alkyl halides is 3. The van der Waals surface area contributed by atoms with Crippen LogP contribution in [0.15, 0.2) is 48.7 Å². The molecule has 0 N–H and O–H groups in total. The third-order valence-corrected chi connectivity index (χ3v) is 3.10. The Morgan fingerprint density at radius 2 is 1.82 bits per heavy atom. The molecular weight excluding hydrogens is 293 g/mol. The van der Waals surface area contributed by atoms with Crippen molar-refractivity contribution in [2.24, 2.45) is 0 Å². The third-order valence-electron chi connectivity index (χ3n) is 3.10. The molecule has 0 aliphatic carbocycles. The molecule has 2 aromatic heterocycles. The Balaban J connectivity index is 1.95. The van der Waals surface area contributed by atoms with Crippen molar-refractivity contribution in [2.45, 2.75) is 13.1 Å². The fourth-order valence-corrected chi connectivity index (χ4v) is 2.02. The molecule has 0 saturated heterocycles. The van der Waals surface area contributed by atoms with Gasteiger partial charge in [-0.15, -0.1) is 0 Å². The number of nitrogens with zero attached hydrogens (tertiary/aromatic N) is 2. The van der Waals surface area contributed by atoms with Crippen molar-refractivity contribution in [3.63, 3.8) is 0 Å². The van der Waals surface area contributed by atoms with E-state index in [1.54, 1.807) is 12.1 Å². The minimum atomic E-state index is -4.41. The molecule has 0 unspecified atom stereocenters. The predicted molar refractivity (Wildman–Crippen MR) is 75.8 cm³/mol. The topological polar surface area (TPSA) is 35.0 Å².